The molecule has 1 amide bonds. The van der Waals surface area contributed by atoms with Crippen LogP contribution in [0.4, 0.5) is 4.39 Å². The fourth-order valence-corrected chi connectivity index (χ4v) is 4.28. The van der Waals surface area contributed by atoms with Gasteiger partial charge in [0.1, 0.15) is 11.6 Å². The fraction of sp³-hybridized carbons (Fsp3) is 0.391. The Morgan fingerprint density at radius 1 is 1.21 bits per heavy atom. The van der Waals surface area contributed by atoms with Gasteiger partial charge in [-0.15, -0.1) is 0 Å². The lowest BCUT2D eigenvalue weighted by Crippen LogP contribution is -2.48. The predicted octanol–water partition coefficient (Wildman–Crippen LogP) is 4.12. The van der Waals surface area contributed by atoms with Crippen molar-refractivity contribution >= 4 is 16.9 Å². The van der Waals surface area contributed by atoms with E-state index in [-0.39, 0.29) is 17.8 Å². The summed E-state index contributed by atoms with van der Waals surface area (Å²) >= 11 is 0. The van der Waals surface area contributed by atoms with Crippen LogP contribution < -0.4 is 5.32 Å². The number of hydrogen-bond donors (Lipinski definition) is 1. The van der Waals surface area contributed by atoms with Gasteiger partial charge in [-0.1, -0.05) is 24.3 Å². The van der Waals surface area contributed by atoms with Gasteiger partial charge in [0.2, 0.25) is 5.91 Å². The summed E-state index contributed by atoms with van der Waals surface area (Å²) in [6, 6.07) is 14.6. The van der Waals surface area contributed by atoms with E-state index in [2.05, 4.69) is 23.7 Å². The van der Waals surface area contributed by atoms with Crippen molar-refractivity contribution in [1.29, 1.82) is 0 Å². The number of rotatable bonds is 5. The Bertz CT molecular complexity index is 1020. The molecule has 3 aromatic rings. The molecule has 0 bridgehead atoms. The largest absolute Gasteiger partial charge is 0.381 e. The van der Waals surface area contributed by atoms with Crippen molar-refractivity contribution in [3.63, 3.8) is 0 Å². The van der Waals surface area contributed by atoms with Crippen LogP contribution in [-0.4, -0.2) is 28.7 Å². The lowest BCUT2D eigenvalue weighted by atomic mass is 9.73. The second kappa shape index (κ2) is 7.95. The van der Waals surface area contributed by atoms with Gasteiger partial charge in [0.15, 0.2) is 0 Å². The van der Waals surface area contributed by atoms with E-state index in [1.807, 2.05) is 30.3 Å². The van der Waals surface area contributed by atoms with Crippen LogP contribution in [0.3, 0.4) is 0 Å². The maximum absolute atomic E-state index is 13.9. The molecule has 1 aliphatic heterocycles. The molecule has 6 heteroatoms. The molecule has 1 saturated heterocycles. The number of imidazole rings is 1. The zero-order valence-corrected chi connectivity index (χ0v) is 16.8. The van der Waals surface area contributed by atoms with Gasteiger partial charge in [0.25, 0.3) is 0 Å². The first-order valence-corrected chi connectivity index (χ1v) is 10.1. The molecule has 4 rings (SSSR count). The van der Waals surface area contributed by atoms with Gasteiger partial charge in [-0.2, -0.15) is 0 Å². The molecule has 2 heterocycles. The van der Waals surface area contributed by atoms with Crippen molar-refractivity contribution in [2.45, 2.75) is 44.7 Å². The molecule has 0 spiro atoms. The molecule has 0 aliphatic carbocycles. The van der Waals surface area contributed by atoms with Crippen LogP contribution in [0.5, 0.6) is 0 Å². The lowest BCUT2D eigenvalue weighted by Gasteiger charge is -2.36. The maximum atomic E-state index is 13.9. The molecule has 0 atom stereocenters. The standard InChI is InChI=1S/C23H26FN3O2/c1-16(2)27-20-9-4-3-8-19(20)26-21(27)15-25-22(28)23(10-12-29-13-11-23)17-6-5-7-18(24)14-17/h3-9,14,16H,10-13,15H2,1-2H3,(H,25,28). The third kappa shape index (κ3) is 3.65. The van der Waals surface area contributed by atoms with Crippen LogP contribution in [-0.2, 0) is 21.5 Å². The first-order chi connectivity index (χ1) is 14.0. The number of amides is 1. The van der Waals surface area contributed by atoms with Crippen molar-refractivity contribution in [3.05, 3.63) is 65.7 Å². The highest BCUT2D eigenvalue weighted by Gasteiger charge is 2.41. The summed E-state index contributed by atoms with van der Waals surface area (Å²) in [4.78, 5) is 18.1. The summed E-state index contributed by atoms with van der Waals surface area (Å²) in [6.07, 6.45) is 1.06. The minimum absolute atomic E-state index is 0.103. The minimum Gasteiger partial charge on any atom is -0.381 e. The van der Waals surface area contributed by atoms with Crippen LogP contribution in [0.2, 0.25) is 0 Å². The third-order valence-electron chi connectivity index (χ3n) is 5.75. The van der Waals surface area contributed by atoms with Crippen LogP contribution in [0.15, 0.2) is 48.5 Å². The van der Waals surface area contributed by atoms with Gasteiger partial charge in [-0.3, -0.25) is 4.79 Å². The highest BCUT2D eigenvalue weighted by atomic mass is 19.1. The quantitative estimate of drug-likeness (QED) is 0.707. The van der Waals surface area contributed by atoms with Crippen molar-refractivity contribution in [2.75, 3.05) is 13.2 Å². The molecular weight excluding hydrogens is 369 g/mol. The molecule has 1 aliphatic rings. The van der Waals surface area contributed by atoms with E-state index >= 15 is 0 Å². The van der Waals surface area contributed by atoms with E-state index in [0.29, 0.717) is 38.2 Å². The normalized spacial score (nSPS) is 16.3. The summed E-state index contributed by atoms with van der Waals surface area (Å²) < 4.78 is 21.5. The molecule has 1 aromatic heterocycles. The molecule has 0 radical (unpaired) electrons. The molecular formula is C23H26FN3O2. The van der Waals surface area contributed by atoms with Crippen LogP contribution >= 0.6 is 0 Å². The number of benzene rings is 2. The van der Waals surface area contributed by atoms with E-state index in [4.69, 9.17) is 9.72 Å². The molecule has 0 saturated carbocycles. The summed E-state index contributed by atoms with van der Waals surface area (Å²) in [7, 11) is 0. The van der Waals surface area contributed by atoms with Crippen LogP contribution in [0.1, 0.15) is 44.1 Å². The van der Waals surface area contributed by atoms with Gasteiger partial charge in [-0.25, -0.2) is 9.37 Å². The first kappa shape index (κ1) is 19.6. The summed E-state index contributed by atoms with van der Waals surface area (Å²) in [6.45, 7) is 5.49. The number of nitrogens with zero attached hydrogens (tertiary/aromatic N) is 2. The second-order valence-electron chi connectivity index (χ2n) is 7.87. The first-order valence-electron chi connectivity index (χ1n) is 10.1. The zero-order chi connectivity index (χ0) is 20.4. The number of hydrogen-bond acceptors (Lipinski definition) is 3. The van der Waals surface area contributed by atoms with Gasteiger partial charge < -0.3 is 14.6 Å². The SMILES string of the molecule is CC(C)n1c(CNC(=O)C2(c3cccc(F)c3)CCOCC2)nc2ccccc21. The Hall–Kier alpha value is -2.73. The maximum Gasteiger partial charge on any atom is 0.231 e. The Morgan fingerprint density at radius 3 is 2.69 bits per heavy atom. The highest BCUT2D eigenvalue weighted by Crippen LogP contribution is 2.35. The monoisotopic (exact) mass is 395 g/mol. The van der Waals surface area contributed by atoms with E-state index < -0.39 is 5.41 Å². The molecule has 1 fully saturated rings. The average Bonchev–Trinajstić information content (AvgIpc) is 3.11. The van der Waals surface area contributed by atoms with E-state index in [1.54, 1.807) is 6.07 Å². The third-order valence-corrected chi connectivity index (χ3v) is 5.75. The van der Waals surface area contributed by atoms with E-state index in [0.717, 1.165) is 16.9 Å². The van der Waals surface area contributed by atoms with Crippen LogP contribution in [0, 0.1) is 5.82 Å². The number of fused-ring (bicyclic) bond motifs is 1. The number of halogens is 1. The molecule has 29 heavy (non-hydrogen) atoms. The lowest BCUT2D eigenvalue weighted by molar-refractivity contribution is -0.130. The van der Waals surface area contributed by atoms with Gasteiger partial charge in [-0.05, 0) is 56.5 Å². The second-order valence-corrected chi connectivity index (χ2v) is 7.87. The van der Waals surface area contributed by atoms with Crippen molar-refractivity contribution < 1.29 is 13.9 Å². The smallest absolute Gasteiger partial charge is 0.231 e. The number of nitrogens with one attached hydrogen (secondary N) is 1. The molecule has 5 nitrogen and oxygen atoms in total. The topological polar surface area (TPSA) is 56.2 Å². The number of aromatic nitrogens is 2. The number of carbonyl (C=O) groups excluding carboxylic acids is 1. The Morgan fingerprint density at radius 2 is 1.97 bits per heavy atom. The Balaban J connectivity index is 1.63. The average molecular weight is 395 g/mol. The number of carbonyl (C=O) groups is 1. The van der Waals surface area contributed by atoms with Crippen LogP contribution in [0.25, 0.3) is 11.0 Å². The Labute approximate surface area is 169 Å². The molecule has 1 N–H and O–H groups in total. The Kier molecular flexibility index (Phi) is 5.37. The van der Waals surface area contributed by atoms with Crippen molar-refractivity contribution in [1.82, 2.24) is 14.9 Å². The fourth-order valence-electron chi connectivity index (χ4n) is 4.28. The van der Waals surface area contributed by atoms with E-state index in [1.165, 1.54) is 12.1 Å². The summed E-state index contributed by atoms with van der Waals surface area (Å²) in [5.41, 5.74) is 1.89. The minimum atomic E-state index is -0.783. The number of ether oxygens (including phenoxy) is 1. The highest BCUT2D eigenvalue weighted by molar-refractivity contribution is 5.88. The van der Waals surface area contributed by atoms with Gasteiger partial charge in [0.05, 0.1) is 23.0 Å². The summed E-state index contributed by atoms with van der Waals surface area (Å²) in [5.74, 6) is 0.382. The summed E-state index contributed by atoms with van der Waals surface area (Å²) in [5, 5.41) is 3.08. The number of para-hydroxylation sites is 2. The zero-order valence-electron chi connectivity index (χ0n) is 16.8. The molecule has 2 aromatic carbocycles. The van der Waals surface area contributed by atoms with E-state index in [9.17, 15) is 9.18 Å². The van der Waals surface area contributed by atoms with Gasteiger partial charge in [0, 0.05) is 19.3 Å². The van der Waals surface area contributed by atoms with Crippen molar-refractivity contribution in [3.8, 4) is 0 Å². The molecule has 152 valence electrons. The predicted molar refractivity (Wildman–Crippen MR) is 110 cm³/mol. The molecule has 0 unspecified atom stereocenters. The van der Waals surface area contributed by atoms with Gasteiger partial charge >= 0.3 is 0 Å². The van der Waals surface area contributed by atoms with Crippen molar-refractivity contribution in [2.24, 2.45) is 0 Å².